The third kappa shape index (κ3) is 6.62. The lowest BCUT2D eigenvalue weighted by molar-refractivity contribution is 0.242. The van der Waals surface area contributed by atoms with E-state index in [4.69, 9.17) is 9.84 Å². The van der Waals surface area contributed by atoms with E-state index in [9.17, 15) is 0 Å². The van der Waals surface area contributed by atoms with Crippen molar-refractivity contribution in [3.8, 4) is 5.75 Å². The second kappa shape index (κ2) is 8.95. The third-order valence-electron chi connectivity index (χ3n) is 2.65. The fourth-order valence-electron chi connectivity index (χ4n) is 1.73. The Kier molecular flexibility index (Phi) is 7.46. The largest absolute Gasteiger partial charge is 0.491 e. The Hall–Kier alpha value is -1.06. The summed E-state index contributed by atoms with van der Waals surface area (Å²) in [7, 11) is 0. The van der Waals surface area contributed by atoms with Gasteiger partial charge >= 0.3 is 0 Å². The zero-order chi connectivity index (χ0) is 13.2. The fourth-order valence-corrected chi connectivity index (χ4v) is 1.73. The standard InChI is InChI=1S/C15H25NO2/c1-13(2)18-15-7-5-14(6-8-15)9-11-16-10-3-4-12-17/h5-8,13,16-17H,3-4,9-12H2,1-2H3. The van der Waals surface area contributed by atoms with Crippen molar-refractivity contribution in [2.45, 2.75) is 39.2 Å². The molecule has 0 bridgehead atoms. The minimum atomic E-state index is 0.226. The van der Waals surface area contributed by atoms with Crippen LogP contribution >= 0.6 is 0 Å². The monoisotopic (exact) mass is 251 g/mol. The summed E-state index contributed by atoms with van der Waals surface area (Å²) in [5.74, 6) is 0.935. The molecule has 0 fully saturated rings. The predicted molar refractivity (Wildman–Crippen MR) is 75.1 cm³/mol. The van der Waals surface area contributed by atoms with Crippen LogP contribution in [-0.4, -0.2) is 30.9 Å². The Bertz CT molecular complexity index is 309. The number of aliphatic hydroxyl groups excluding tert-OH is 1. The van der Waals surface area contributed by atoms with Crippen molar-refractivity contribution in [1.29, 1.82) is 0 Å². The molecule has 0 saturated heterocycles. The van der Waals surface area contributed by atoms with Gasteiger partial charge in [-0.15, -0.1) is 0 Å². The van der Waals surface area contributed by atoms with E-state index in [1.54, 1.807) is 0 Å². The number of aliphatic hydroxyl groups is 1. The number of benzene rings is 1. The first-order valence-electron chi connectivity index (χ1n) is 6.79. The van der Waals surface area contributed by atoms with Gasteiger partial charge in [0.15, 0.2) is 0 Å². The summed E-state index contributed by atoms with van der Waals surface area (Å²) in [6.45, 7) is 6.32. The number of ether oxygens (including phenoxy) is 1. The summed E-state index contributed by atoms with van der Waals surface area (Å²) in [6, 6.07) is 8.29. The summed E-state index contributed by atoms with van der Waals surface area (Å²) < 4.78 is 5.60. The molecule has 0 unspecified atom stereocenters. The molecule has 18 heavy (non-hydrogen) atoms. The molecule has 0 radical (unpaired) electrons. The van der Waals surface area contributed by atoms with Gasteiger partial charge in [0, 0.05) is 6.61 Å². The van der Waals surface area contributed by atoms with Gasteiger partial charge in [0.2, 0.25) is 0 Å². The van der Waals surface area contributed by atoms with Crippen molar-refractivity contribution < 1.29 is 9.84 Å². The highest BCUT2D eigenvalue weighted by Gasteiger charge is 1.98. The number of unbranched alkanes of at least 4 members (excludes halogenated alkanes) is 1. The maximum absolute atomic E-state index is 8.65. The SMILES string of the molecule is CC(C)Oc1ccc(CCNCCCCO)cc1. The highest BCUT2D eigenvalue weighted by molar-refractivity contribution is 5.27. The zero-order valence-corrected chi connectivity index (χ0v) is 11.5. The van der Waals surface area contributed by atoms with E-state index in [1.165, 1.54) is 5.56 Å². The van der Waals surface area contributed by atoms with Crippen LogP contribution < -0.4 is 10.1 Å². The minimum absolute atomic E-state index is 0.226. The van der Waals surface area contributed by atoms with Gasteiger partial charge in [0.05, 0.1) is 6.10 Å². The van der Waals surface area contributed by atoms with Crippen LogP contribution in [0.4, 0.5) is 0 Å². The molecule has 0 aliphatic heterocycles. The predicted octanol–water partition coefficient (Wildman–Crippen LogP) is 2.38. The normalized spacial score (nSPS) is 10.9. The molecule has 2 N–H and O–H groups in total. The van der Waals surface area contributed by atoms with Gasteiger partial charge in [0.25, 0.3) is 0 Å². The Morgan fingerprint density at radius 1 is 1.11 bits per heavy atom. The van der Waals surface area contributed by atoms with Gasteiger partial charge in [-0.2, -0.15) is 0 Å². The summed E-state index contributed by atoms with van der Waals surface area (Å²) in [5.41, 5.74) is 1.32. The topological polar surface area (TPSA) is 41.5 Å². The average Bonchev–Trinajstić information content (AvgIpc) is 2.35. The van der Waals surface area contributed by atoms with Gasteiger partial charge in [-0.3, -0.25) is 0 Å². The van der Waals surface area contributed by atoms with Crippen LogP contribution in [0.25, 0.3) is 0 Å². The van der Waals surface area contributed by atoms with E-state index in [-0.39, 0.29) is 6.10 Å². The first-order chi connectivity index (χ1) is 8.72. The molecular formula is C15H25NO2. The molecule has 0 aromatic heterocycles. The van der Waals surface area contributed by atoms with Gasteiger partial charge in [-0.1, -0.05) is 12.1 Å². The lowest BCUT2D eigenvalue weighted by Gasteiger charge is -2.10. The maximum atomic E-state index is 8.65. The van der Waals surface area contributed by atoms with Crippen molar-refractivity contribution in [1.82, 2.24) is 5.32 Å². The molecule has 0 aliphatic carbocycles. The number of nitrogens with one attached hydrogen (secondary N) is 1. The highest BCUT2D eigenvalue weighted by atomic mass is 16.5. The number of hydrogen-bond donors (Lipinski definition) is 2. The highest BCUT2D eigenvalue weighted by Crippen LogP contribution is 2.13. The molecule has 0 heterocycles. The Morgan fingerprint density at radius 3 is 2.44 bits per heavy atom. The zero-order valence-electron chi connectivity index (χ0n) is 11.5. The second-order valence-corrected chi connectivity index (χ2v) is 4.74. The lowest BCUT2D eigenvalue weighted by Crippen LogP contribution is -2.18. The van der Waals surface area contributed by atoms with Gasteiger partial charge < -0.3 is 15.2 Å². The lowest BCUT2D eigenvalue weighted by atomic mass is 10.1. The maximum Gasteiger partial charge on any atom is 0.119 e. The summed E-state index contributed by atoms with van der Waals surface area (Å²) in [4.78, 5) is 0. The van der Waals surface area contributed by atoms with Gasteiger partial charge in [-0.25, -0.2) is 0 Å². The minimum Gasteiger partial charge on any atom is -0.491 e. The number of hydrogen-bond acceptors (Lipinski definition) is 3. The molecule has 102 valence electrons. The first kappa shape index (κ1) is 15.0. The van der Waals surface area contributed by atoms with E-state index < -0.39 is 0 Å². The molecule has 0 aliphatic rings. The Balaban J connectivity index is 2.18. The van der Waals surface area contributed by atoms with Crippen LogP contribution in [0.1, 0.15) is 32.3 Å². The van der Waals surface area contributed by atoms with E-state index >= 15 is 0 Å². The van der Waals surface area contributed by atoms with E-state index in [0.717, 1.165) is 38.1 Å². The van der Waals surface area contributed by atoms with Gasteiger partial charge in [0.1, 0.15) is 5.75 Å². The molecule has 1 aromatic carbocycles. The molecule has 0 saturated carbocycles. The Labute approximate surface area is 110 Å². The van der Waals surface area contributed by atoms with Crippen LogP contribution in [0.5, 0.6) is 5.75 Å². The van der Waals surface area contributed by atoms with Crippen LogP contribution in [0, 0.1) is 0 Å². The van der Waals surface area contributed by atoms with Gasteiger partial charge in [-0.05, 0) is 63.9 Å². The van der Waals surface area contributed by atoms with E-state index in [0.29, 0.717) is 6.61 Å². The van der Waals surface area contributed by atoms with Crippen molar-refractivity contribution >= 4 is 0 Å². The average molecular weight is 251 g/mol. The molecule has 0 spiro atoms. The fraction of sp³-hybridized carbons (Fsp3) is 0.600. The van der Waals surface area contributed by atoms with Crippen molar-refractivity contribution in [3.63, 3.8) is 0 Å². The third-order valence-corrected chi connectivity index (χ3v) is 2.65. The summed E-state index contributed by atoms with van der Waals surface area (Å²) in [5, 5.41) is 12.0. The molecule has 1 aromatic rings. The quantitative estimate of drug-likeness (QED) is 0.662. The molecule has 3 nitrogen and oxygen atoms in total. The van der Waals surface area contributed by atoms with Crippen LogP contribution in [-0.2, 0) is 6.42 Å². The van der Waals surface area contributed by atoms with E-state index in [2.05, 4.69) is 17.4 Å². The molecular weight excluding hydrogens is 226 g/mol. The molecule has 1 rings (SSSR count). The summed E-state index contributed by atoms with van der Waals surface area (Å²) >= 11 is 0. The molecule has 0 amide bonds. The van der Waals surface area contributed by atoms with E-state index in [1.807, 2.05) is 26.0 Å². The van der Waals surface area contributed by atoms with Crippen molar-refractivity contribution in [2.75, 3.05) is 19.7 Å². The first-order valence-corrected chi connectivity index (χ1v) is 6.79. The van der Waals surface area contributed by atoms with Crippen LogP contribution in [0.15, 0.2) is 24.3 Å². The summed E-state index contributed by atoms with van der Waals surface area (Å²) in [6.07, 6.45) is 3.18. The Morgan fingerprint density at radius 2 is 1.83 bits per heavy atom. The molecule has 3 heteroatoms. The van der Waals surface area contributed by atoms with Crippen molar-refractivity contribution in [3.05, 3.63) is 29.8 Å². The van der Waals surface area contributed by atoms with Crippen LogP contribution in [0.3, 0.4) is 0 Å². The second-order valence-electron chi connectivity index (χ2n) is 4.74. The van der Waals surface area contributed by atoms with Crippen LogP contribution in [0.2, 0.25) is 0 Å². The number of rotatable bonds is 9. The smallest absolute Gasteiger partial charge is 0.119 e. The van der Waals surface area contributed by atoms with Crippen molar-refractivity contribution in [2.24, 2.45) is 0 Å². The molecule has 0 atom stereocenters.